The van der Waals surface area contributed by atoms with E-state index < -0.39 is 0 Å². The molecule has 1 N–H and O–H groups in total. The first-order chi connectivity index (χ1) is 11.6. The molecule has 0 fully saturated rings. The maximum Gasteiger partial charge on any atom is 0.419 e. The van der Waals surface area contributed by atoms with Crippen LogP contribution in [0.15, 0.2) is 39.6 Å². The van der Waals surface area contributed by atoms with Crippen LogP contribution in [0.5, 0.6) is 0 Å². The van der Waals surface area contributed by atoms with Crippen molar-refractivity contribution < 1.29 is 9.21 Å². The van der Waals surface area contributed by atoms with Crippen molar-refractivity contribution in [3.8, 4) is 0 Å². The highest BCUT2D eigenvalue weighted by molar-refractivity contribution is 5.92. The van der Waals surface area contributed by atoms with Gasteiger partial charge in [0.1, 0.15) is 0 Å². The number of hydrogen-bond acceptors (Lipinski definition) is 3. The summed E-state index contributed by atoms with van der Waals surface area (Å²) < 4.78 is 6.80. The number of oxazole rings is 1. The minimum Gasteiger partial charge on any atom is -0.408 e. The molecule has 3 rings (SSSR count). The van der Waals surface area contributed by atoms with Crippen LogP contribution in [-0.4, -0.2) is 28.1 Å². The molecule has 1 aromatic carbocycles. The van der Waals surface area contributed by atoms with E-state index in [0.717, 1.165) is 24.8 Å². The summed E-state index contributed by atoms with van der Waals surface area (Å²) in [5, 5.41) is 2.90. The lowest BCUT2D eigenvalue weighted by Gasteiger charge is -2.24. The average Bonchev–Trinajstić information content (AvgIpc) is 3.15. The van der Waals surface area contributed by atoms with Gasteiger partial charge in [-0.2, -0.15) is 0 Å². The van der Waals surface area contributed by atoms with E-state index in [-0.39, 0.29) is 17.8 Å². The first-order valence-electron chi connectivity index (χ1n) is 8.51. The zero-order valence-electron chi connectivity index (χ0n) is 14.1. The van der Waals surface area contributed by atoms with Crippen LogP contribution < -0.4 is 11.1 Å². The maximum absolute atomic E-state index is 12.5. The second-order valence-corrected chi connectivity index (χ2v) is 6.01. The summed E-state index contributed by atoms with van der Waals surface area (Å²) in [6.07, 6.45) is 7.32. The first kappa shape index (κ1) is 16.4. The van der Waals surface area contributed by atoms with Gasteiger partial charge in [-0.15, -0.1) is 0 Å². The Morgan fingerprint density at radius 1 is 1.38 bits per heavy atom. The number of unbranched alkanes of at least 4 members (excludes halogenated alkanes) is 1. The lowest BCUT2D eigenvalue weighted by molar-refractivity contribution is 0.208. The predicted molar refractivity (Wildman–Crippen MR) is 94.3 cm³/mol. The molecule has 1 atom stereocenters. The summed E-state index contributed by atoms with van der Waals surface area (Å²) in [5.41, 5.74) is 1.86. The molecule has 0 aliphatic carbocycles. The van der Waals surface area contributed by atoms with Gasteiger partial charge in [0.25, 0.3) is 0 Å². The molecule has 2 amide bonds. The maximum atomic E-state index is 12.5. The third-order valence-corrected chi connectivity index (χ3v) is 4.41. The van der Waals surface area contributed by atoms with Crippen molar-refractivity contribution in [1.29, 1.82) is 0 Å². The van der Waals surface area contributed by atoms with E-state index in [1.807, 2.05) is 17.9 Å². The van der Waals surface area contributed by atoms with Gasteiger partial charge in [0.15, 0.2) is 5.58 Å². The number of nitrogens with zero attached hydrogens (tertiary/aromatic N) is 2. The standard InChI is InChI=1S/C18H23N3O3/c1-3-5-7-14-8-6-11-21(14)17(22)19-13-9-10-15-16(12-13)24-18(23)20(15)4-2/h6,8-10,12,14H,3-5,7,11H2,1-2H3,(H,19,22)/t14-/m1/s1. The second kappa shape index (κ2) is 6.95. The molecule has 1 aliphatic heterocycles. The molecule has 0 radical (unpaired) electrons. The number of fused-ring (bicyclic) bond motifs is 1. The molecule has 0 saturated carbocycles. The largest absolute Gasteiger partial charge is 0.419 e. The Morgan fingerprint density at radius 2 is 2.21 bits per heavy atom. The zero-order chi connectivity index (χ0) is 17.1. The van der Waals surface area contributed by atoms with Crippen molar-refractivity contribution >= 4 is 22.8 Å². The number of aromatic nitrogens is 1. The number of benzene rings is 1. The van der Waals surface area contributed by atoms with Gasteiger partial charge in [-0.1, -0.05) is 31.9 Å². The van der Waals surface area contributed by atoms with Crippen molar-refractivity contribution in [2.24, 2.45) is 0 Å². The molecular weight excluding hydrogens is 306 g/mol. The first-order valence-corrected chi connectivity index (χ1v) is 8.51. The van der Waals surface area contributed by atoms with Gasteiger partial charge >= 0.3 is 11.8 Å². The monoisotopic (exact) mass is 329 g/mol. The molecule has 0 unspecified atom stereocenters. The molecule has 2 heterocycles. The van der Waals surface area contributed by atoms with E-state index in [4.69, 9.17) is 4.42 Å². The summed E-state index contributed by atoms with van der Waals surface area (Å²) in [6.45, 7) is 5.22. The van der Waals surface area contributed by atoms with Gasteiger partial charge in [-0.05, 0) is 25.5 Å². The summed E-state index contributed by atoms with van der Waals surface area (Å²) in [6, 6.07) is 5.33. The van der Waals surface area contributed by atoms with E-state index in [2.05, 4.69) is 18.3 Å². The Labute approximate surface area is 140 Å². The fourth-order valence-electron chi connectivity index (χ4n) is 3.11. The van der Waals surface area contributed by atoms with E-state index in [1.54, 1.807) is 22.8 Å². The Hall–Kier alpha value is -2.50. The molecule has 24 heavy (non-hydrogen) atoms. The fourth-order valence-corrected chi connectivity index (χ4v) is 3.11. The molecule has 0 bridgehead atoms. The third-order valence-electron chi connectivity index (χ3n) is 4.41. The van der Waals surface area contributed by atoms with E-state index in [0.29, 0.717) is 24.4 Å². The van der Waals surface area contributed by atoms with Crippen molar-refractivity contribution in [2.45, 2.75) is 45.7 Å². The molecular formula is C18H23N3O3. The third kappa shape index (κ3) is 3.09. The summed E-state index contributed by atoms with van der Waals surface area (Å²) >= 11 is 0. The lowest BCUT2D eigenvalue weighted by atomic mass is 10.1. The van der Waals surface area contributed by atoms with Crippen LogP contribution in [0, 0.1) is 0 Å². The van der Waals surface area contributed by atoms with Gasteiger partial charge in [0, 0.05) is 24.8 Å². The van der Waals surface area contributed by atoms with Crippen LogP contribution in [0.2, 0.25) is 0 Å². The second-order valence-electron chi connectivity index (χ2n) is 6.01. The van der Waals surface area contributed by atoms with E-state index in [1.165, 1.54) is 0 Å². The summed E-state index contributed by atoms with van der Waals surface area (Å²) in [7, 11) is 0. The van der Waals surface area contributed by atoms with Gasteiger partial charge < -0.3 is 14.6 Å². The SMILES string of the molecule is CCCC[C@@H]1C=CCN1C(=O)Nc1ccc2c(c1)oc(=O)n2CC. The van der Waals surface area contributed by atoms with Crippen molar-refractivity contribution in [2.75, 3.05) is 11.9 Å². The molecule has 1 aliphatic rings. The number of rotatable bonds is 5. The minimum absolute atomic E-state index is 0.127. The highest BCUT2D eigenvalue weighted by Crippen LogP contribution is 2.21. The normalized spacial score (nSPS) is 16.9. The molecule has 6 nitrogen and oxygen atoms in total. The highest BCUT2D eigenvalue weighted by atomic mass is 16.4. The number of aryl methyl sites for hydroxylation is 1. The Balaban J connectivity index is 1.74. The predicted octanol–water partition coefficient (Wildman–Crippen LogP) is 3.58. The number of carbonyl (C=O) groups excluding carboxylic acids is 1. The van der Waals surface area contributed by atoms with Gasteiger partial charge in [-0.3, -0.25) is 4.57 Å². The van der Waals surface area contributed by atoms with Gasteiger partial charge in [-0.25, -0.2) is 9.59 Å². The zero-order valence-corrected chi connectivity index (χ0v) is 14.1. The molecule has 2 aromatic rings. The molecule has 128 valence electrons. The Bertz CT molecular complexity index is 819. The van der Waals surface area contributed by atoms with Gasteiger partial charge in [0.05, 0.1) is 11.6 Å². The van der Waals surface area contributed by atoms with Crippen molar-refractivity contribution in [3.05, 3.63) is 40.9 Å². The van der Waals surface area contributed by atoms with Crippen LogP contribution in [0.4, 0.5) is 10.5 Å². The van der Waals surface area contributed by atoms with Crippen LogP contribution in [0.25, 0.3) is 11.1 Å². The smallest absolute Gasteiger partial charge is 0.408 e. The van der Waals surface area contributed by atoms with Crippen LogP contribution in [0.1, 0.15) is 33.1 Å². The van der Waals surface area contributed by atoms with Crippen LogP contribution in [-0.2, 0) is 6.54 Å². The molecule has 0 saturated heterocycles. The minimum atomic E-state index is -0.376. The fraction of sp³-hybridized carbons (Fsp3) is 0.444. The number of amides is 2. The van der Waals surface area contributed by atoms with E-state index in [9.17, 15) is 9.59 Å². The van der Waals surface area contributed by atoms with Crippen LogP contribution >= 0.6 is 0 Å². The lowest BCUT2D eigenvalue weighted by Crippen LogP contribution is -2.39. The molecule has 1 aromatic heterocycles. The average molecular weight is 329 g/mol. The summed E-state index contributed by atoms with van der Waals surface area (Å²) in [5.74, 6) is -0.376. The highest BCUT2D eigenvalue weighted by Gasteiger charge is 2.24. The van der Waals surface area contributed by atoms with Crippen molar-refractivity contribution in [1.82, 2.24) is 9.47 Å². The van der Waals surface area contributed by atoms with Crippen molar-refractivity contribution in [3.63, 3.8) is 0 Å². The number of hydrogen-bond donors (Lipinski definition) is 1. The number of urea groups is 1. The molecule has 6 heteroatoms. The van der Waals surface area contributed by atoms with Crippen LogP contribution in [0.3, 0.4) is 0 Å². The van der Waals surface area contributed by atoms with E-state index >= 15 is 0 Å². The van der Waals surface area contributed by atoms with Gasteiger partial charge in [0.2, 0.25) is 0 Å². The summed E-state index contributed by atoms with van der Waals surface area (Å²) in [4.78, 5) is 26.1. The topological polar surface area (TPSA) is 67.5 Å². The Kier molecular flexibility index (Phi) is 4.74. The molecule has 0 spiro atoms. The quantitative estimate of drug-likeness (QED) is 0.853. The number of anilines is 1. The number of carbonyl (C=O) groups is 1. The number of nitrogens with one attached hydrogen (secondary N) is 1. The Morgan fingerprint density at radius 3 is 2.96 bits per heavy atom.